The molecule has 0 aliphatic carbocycles. The summed E-state index contributed by atoms with van der Waals surface area (Å²) in [6, 6.07) is 15.3. The Bertz CT molecular complexity index is 1030. The smallest absolute Gasteiger partial charge is 0.296 e. The van der Waals surface area contributed by atoms with Crippen LogP contribution >= 0.6 is 0 Å². The molecule has 0 amide bonds. The number of para-hydroxylation sites is 1. The van der Waals surface area contributed by atoms with Gasteiger partial charge in [0.25, 0.3) is 5.56 Å². The van der Waals surface area contributed by atoms with E-state index in [4.69, 9.17) is 4.42 Å². The molecule has 108 valence electrons. The largest absolute Gasteiger partial charge is 0.449 e. The van der Waals surface area contributed by atoms with Crippen LogP contribution in [0.15, 0.2) is 57.7 Å². The van der Waals surface area contributed by atoms with Gasteiger partial charge in [-0.3, -0.25) is 9.78 Å². The lowest BCUT2D eigenvalue weighted by Crippen LogP contribution is -2.10. The Morgan fingerprint density at radius 2 is 1.95 bits per heavy atom. The van der Waals surface area contributed by atoms with Gasteiger partial charge in [0, 0.05) is 11.1 Å². The third kappa shape index (κ3) is 2.03. The zero-order valence-corrected chi connectivity index (χ0v) is 11.9. The molecule has 2 N–H and O–H groups in total. The van der Waals surface area contributed by atoms with Gasteiger partial charge in [-0.2, -0.15) is 0 Å². The fourth-order valence-electron chi connectivity index (χ4n) is 2.48. The quantitative estimate of drug-likeness (QED) is 0.590. The SMILES string of the molecule is Cc1ccc2oc3c(=O)[nH]c(Nc4ccccc4)nc3c2c1. The summed E-state index contributed by atoms with van der Waals surface area (Å²) in [5.41, 5.74) is 3.14. The standard InChI is InChI=1S/C17H13N3O2/c1-10-7-8-13-12(9-10)14-15(22-13)16(21)20-17(19-14)18-11-5-3-2-4-6-11/h2-9H,1H3,(H2,18,19,20,21). The number of anilines is 2. The molecule has 0 spiro atoms. The van der Waals surface area contributed by atoms with Gasteiger partial charge in [-0.25, -0.2) is 4.98 Å². The molecule has 4 aromatic rings. The summed E-state index contributed by atoms with van der Waals surface area (Å²) >= 11 is 0. The number of nitrogens with one attached hydrogen (secondary N) is 2. The summed E-state index contributed by atoms with van der Waals surface area (Å²) in [5.74, 6) is 0.396. The topological polar surface area (TPSA) is 70.9 Å². The molecule has 0 bridgehead atoms. The van der Waals surface area contributed by atoms with Gasteiger partial charge < -0.3 is 9.73 Å². The molecule has 0 fully saturated rings. The number of aromatic nitrogens is 2. The zero-order chi connectivity index (χ0) is 15.1. The Labute approximate surface area is 125 Å². The van der Waals surface area contributed by atoms with E-state index < -0.39 is 0 Å². The summed E-state index contributed by atoms with van der Waals surface area (Å²) in [6.07, 6.45) is 0. The van der Waals surface area contributed by atoms with Crippen LogP contribution in [-0.4, -0.2) is 9.97 Å². The van der Waals surface area contributed by atoms with E-state index >= 15 is 0 Å². The second-order valence-corrected chi connectivity index (χ2v) is 5.18. The summed E-state index contributed by atoms with van der Waals surface area (Å²) in [7, 11) is 0. The minimum Gasteiger partial charge on any atom is -0.449 e. The number of hydrogen-bond donors (Lipinski definition) is 2. The van der Waals surface area contributed by atoms with E-state index in [1.54, 1.807) is 0 Å². The van der Waals surface area contributed by atoms with Crippen LogP contribution in [0.25, 0.3) is 22.1 Å². The highest BCUT2D eigenvalue weighted by atomic mass is 16.3. The van der Waals surface area contributed by atoms with Crippen LogP contribution in [0.2, 0.25) is 0 Å². The summed E-state index contributed by atoms with van der Waals surface area (Å²) < 4.78 is 5.61. The molecule has 5 heteroatoms. The van der Waals surface area contributed by atoms with Gasteiger partial charge in [0.2, 0.25) is 11.5 Å². The van der Waals surface area contributed by atoms with Gasteiger partial charge in [0.1, 0.15) is 11.1 Å². The van der Waals surface area contributed by atoms with Crippen molar-refractivity contribution in [2.45, 2.75) is 6.92 Å². The van der Waals surface area contributed by atoms with Gasteiger partial charge in [-0.15, -0.1) is 0 Å². The zero-order valence-electron chi connectivity index (χ0n) is 11.9. The first-order valence-corrected chi connectivity index (χ1v) is 6.96. The van der Waals surface area contributed by atoms with Crippen molar-refractivity contribution < 1.29 is 4.42 Å². The monoisotopic (exact) mass is 291 g/mol. The van der Waals surface area contributed by atoms with Crippen LogP contribution in [0.5, 0.6) is 0 Å². The molecule has 0 aliphatic heterocycles. The second-order valence-electron chi connectivity index (χ2n) is 5.18. The molecule has 4 rings (SSSR count). The van der Waals surface area contributed by atoms with Crippen molar-refractivity contribution in [2.75, 3.05) is 5.32 Å². The fraction of sp³-hybridized carbons (Fsp3) is 0.0588. The first kappa shape index (κ1) is 12.6. The lowest BCUT2D eigenvalue weighted by Gasteiger charge is -2.04. The van der Waals surface area contributed by atoms with Gasteiger partial charge >= 0.3 is 0 Å². The van der Waals surface area contributed by atoms with Gasteiger partial charge in [-0.1, -0.05) is 29.8 Å². The maximum Gasteiger partial charge on any atom is 0.296 e. The Morgan fingerprint density at radius 3 is 2.77 bits per heavy atom. The second kappa shape index (κ2) is 4.73. The maximum absolute atomic E-state index is 12.2. The van der Waals surface area contributed by atoms with E-state index in [9.17, 15) is 4.79 Å². The van der Waals surface area contributed by atoms with E-state index in [2.05, 4.69) is 15.3 Å². The number of aromatic amines is 1. The molecule has 2 aromatic carbocycles. The molecular weight excluding hydrogens is 278 g/mol. The maximum atomic E-state index is 12.2. The fourth-order valence-corrected chi connectivity index (χ4v) is 2.48. The number of H-pyrrole nitrogens is 1. The number of aryl methyl sites for hydroxylation is 1. The molecule has 0 unspecified atom stereocenters. The summed E-state index contributed by atoms with van der Waals surface area (Å²) in [6.45, 7) is 1.99. The molecule has 0 aliphatic rings. The van der Waals surface area contributed by atoms with Crippen molar-refractivity contribution in [1.29, 1.82) is 0 Å². The molecule has 2 aromatic heterocycles. The van der Waals surface area contributed by atoms with E-state index in [1.807, 2.05) is 55.5 Å². The first-order valence-electron chi connectivity index (χ1n) is 6.96. The van der Waals surface area contributed by atoms with Crippen molar-refractivity contribution in [3.8, 4) is 0 Å². The van der Waals surface area contributed by atoms with Crippen LogP contribution in [0, 0.1) is 6.92 Å². The Balaban J connectivity index is 1.92. The summed E-state index contributed by atoms with van der Waals surface area (Å²) in [4.78, 5) is 19.4. The Morgan fingerprint density at radius 1 is 1.14 bits per heavy atom. The molecule has 22 heavy (non-hydrogen) atoms. The van der Waals surface area contributed by atoms with Crippen molar-refractivity contribution in [1.82, 2.24) is 9.97 Å². The molecular formula is C17H13N3O2. The lowest BCUT2D eigenvalue weighted by atomic mass is 10.2. The minimum atomic E-state index is -0.294. The van der Waals surface area contributed by atoms with E-state index in [0.717, 1.165) is 16.6 Å². The van der Waals surface area contributed by atoms with Crippen LogP contribution < -0.4 is 10.9 Å². The van der Waals surface area contributed by atoms with Gasteiger partial charge in [0.05, 0.1) is 0 Å². The van der Waals surface area contributed by atoms with Crippen LogP contribution in [-0.2, 0) is 0 Å². The lowest BCUT2D eigenvalue weighted by molar-refractivity contribution is 0.661. The number of fused-ring (bicyclic) bond motifs is 3. The van der Waals surface area contributed by atoms with Crippen LogP contribution in [0.4, 0.5) is 11.6 Å². The van der Waals surface area contributed by atoms with Gasteiger partial charge in [0.15, 0.2) is 0 Å². The highest BCUT2D eigenvalue weighted by Gasteiger charge is 2.13. The average molecular weight is 291 g/mol. The highest BCUT2D eigenvalue weighted by Crippen LogP contribution is 2.26. The molecule has 5 nitrogen and oxygen atoms in total. The first-order chi connectivity index (χ1) is 10.7. The van der Waals surface area contributed by atoms with Gasteiger partial charge in [-0.05, 0) is 31.2 Å². The number of furan rings is 1. The third-order valence-electron chi connectivity index (χ3n) is 3.52. The molecule has 0 saturated carbocycles. The Hall–Kier alpha value is -3.08. The van der Waals surface area contributed by atoms with E-state index in [-0.39, 0.29) is 11.1 Å². The Kier molecular flexibility index (Phi) is 2.72. The number of benzene rings is 2. The molecule has 0 atom stereocenters. The minimum absolute atomic E-state index is 0.249. The van der Waals surface area contributed by atoms with Crippen molar-refractivity contribution in [3.63, 3.8) is 0 Å². The molecule has 0 saturated heterocycles. The van der Waals surface area contributed by atoms with Crippen molar-refractivity contribution >= 4 is 33.7 Å². The van der Waals surface area contributed by atoms with E-state index in [0.29, 0.717) is 17.0 Å². The number of rotatable bonds is 2. The normalized spacial score (nSPS) is 11.1. The molecule has 2 heterocycles. The average Bonchev–Trinajstić information content (AvgIpc) is 2.87. The van der Waals surface area contributed by atoms with E-state index in [1.165, 1.54) is 0 Å². The van der Waals surface area contributed by atoms with Crippen LogP contribution in [0.3, 0.4) is 0 Å². The third-order valence-corrected chi connectivity index (χ3v) is 3.52. The highest BCUT2D eigenvalue weighted by molar-refractivity contribution is 6.02. The predicted molar refractivity (Wildman–Crippen MR) is 86.6 cm³/mol. The molecule has 0 radical (unpaired) electrons. The number of hydrogen-bond acceptors (Lipinski definition) is 4. The summed E-state index contributed by atoms with van der Waals surface area (Å²) in [5, 5.41) is 3.94. The van der Waals surface area contributed by atoms with Crippen molar-refractivity contribution in [3.05, 3.63) is 64.4 Å². The van der Waals surface area contributed by atoms with Crippen LogP contribution in [0.1, 0.15) is 5.56 Å². The van der Waals surface area contributed by atoms with Crippen molar-refractivity contribution in [2.24, 2.45) is 0 Å². The number of nitrogens with zero attached hydrogens (tertiary/aromatic N) is 1. The predicted octanol–water partition coefficient (Wildman–Crippen LogP) is 3.72.